The minimum Gasteiger partial charge on any atom is -0.296 e. The first-order valence-corrected chi connectivity index (χ1v) is 13.0. The summed E-state index contributed by atoms with van der Waals surface area (Å²) in [6.07, 6.45) is 2.05. The third kappa shape index (κ3) is 5.23. The van der Waals surface area contributed by atoms with Crippen molar-refractivity contribution in [2.75, 3.05) is 11.4 Å². The Morgan fingerprint density at radius 2 is 1.84 bits per heavy atom. The van der Waals surface area contributed by atoms with E-state index in [1.54, 1.807) is 23.1 Å². The molecule has 0 aromatic heterocycles. The number of rotatable bonds is 4. The Morgan fingerprint density at radius 1 is 1.08 bits per heavy atom. The van der Waals surface area contributed by atoms with Crippen LogP contribution in [0.2, 0.25) is 0 Å². The van der Waals surface area contributed by atoms with Crippen LogP contribution in [-0.2, 0) is 12.7 Å². The summed E-state index contributed by atoms with van der Waals surface area (Å²) >= 11 is 0. The molecule has 2 atom stereocenters. The fraction of sp³-hybridized carbons (Fsp3) is 0.500. The average Bonchev–Trinajstić information content (AvgIpc) is 3.11. The molecular weight excluding hydrogens is 484 g/mol. The Bertz CT molecular complexity index is 1180. The van der Waals surface area contributed by atoms with E-state index in [1.807, 2.05) is 6.92 Å². The average molecular weight is 517 g/mol. The van der Waals surface area contributed by atoms with Gasteiger partial charge in [-0.1, -0.05) is 43.5 Å². The van der Waals surface area contributed by atoms with Crippen LogP contribution in [0.25, 0.3) is 0 Å². The Hall–Kier alpha value is -2.94. The predicted octanol–water partition coefficient (Wildman–Crippen LogP) is 6.53. The number of alkyl halides is 3. The zero-order valence-electron chi connectivity index (χ0n) is 20.9. The van der Waals surface area contributed by atoms with Crippen LogP contribution in [-0.4, -0.2) is 40.9 Å². The number of carbonyl (C=O) groups is 1. The number of piperidine rings is 1. The fourth-order valence-electron chi connectivity index (χ4n) is 6.10. The number of nitrogens with one attached hydrogen (secondary N) is 1. The molecule has 37 heavy (non-hydrogen) atoms. The second-order valence-corrected chi connectivity index (χ2v) is 10.5. The van der Waals surface area contributed by atoms with Crippen LogP contribution in [0.4, 0.5) is 28.0 Å². The number of amidine groups is 1. The number of amides is 2. The Balaban J connectivity index is 1.44. The van der Waals surface area contributed by atoms with Crippen LogP contribution in [0.15, 0.2) is 53.5 Å². The van der Waals surface area contributed by atoms with Crippen LogP contribution in [0.3, 0.4) is 0 Å². The lowest BCUT2D eigenvalue weighted by molar-refractivity contribution is -0.137. The summed E-state index contributed by atoms with van der Waals surface area (Å²) in [6, 6.07) is 11.2. The van der Waals surface area contributed by atoms with Gasteiger partial charge in [0.2, 0.25) is 0 Å². The van der Waals surface area contributed by atoms with Crippen molar-refractivity contribution in [2.45, 2.75) is 82.2 Å². The molecule has 2 amide bonds. The van der Waals surface area contributed by atoms with Gasteiger partial charge in [0.1, 0.15) is 17.2 Å². The number of urea groups is 1. The minimum atomic E-state index is -4.39. The van der Waals surface area contributed by atoms with Crippen LogP contribution < -0.4 is 10.2 Å². The second kappa shape index (κ2) is 10.1. The molecule has 1 spiro atoms. The van der Waals surface area contributed by atoms with Gasteiger partial charge in [0.25, 0.3) is 0 Å². The maximum absolute atomic E-state index is 14.2. The Kier molecular flexibility index (Phi) is 7.00. The highest BCUT2D eigenvalue weighted by Crippen LogP contribution is 2.41. The van der Waals surface area contributed by atoms with E-state index in [1.165, 1.54) is 30.7 Å². The standard InChI is InChI=1S/C28H32F4N4O/c1-19-17-27(13-14-35(19)18-20-7-5-8-21(15-20)28(30,31)32)25(33-23-10-3-2-4-11-23)34-26(37)36(27)24-12-6-9-22(29)16-24/h5-9,12,15-16,19,23H,2-4,10-11,13-14,17-18H2,1H3,(H,33,34,37)/t19-,27-/m0/s1. The van der Waals surface area contributed by atoms with Gasteiger partial charge in [-0.2, -0.15) is 13.2 Å². The third-order valence-corrected chi connectivity index (χ3v) is 7.96. The van der Waals surface area contributed by atoms with E-state index in [-0.39, 0.29) is 18.1 Å². The maximum Gasteiger partial charge on any atom is 0.416 e. The van der Waals surface area contributed by atoms with Crippen LogP contribution in [0.5, 0.6) is 0 Å². The van der Waals surface area contributed by atoms with Gasteiger partial charge in [-0.3, -0.25) is 20.1 Å². The number of aliphatic imine (C=N–C) groups is 1. The van der Waals surface area contributed by atoms with Crippen LogP contribution in [0, 0.1) is 5.82 Å². The molecule has 1 N–H and O–H groups in total. The maximum atomic E-state index is 14.2. The van der Waals surface area contributed by atoms with Gasteiger partial charge in [0, 0.05) is 24.8 Å². The molecule has 0 radical (unpaired) electrons. The molecule has 0 bridgehead atoms. The number of hydrogen-bond acceptors (Lipinski definition) is 3. The largest absolute Gasteiger partial charge is 0.416 e. The molecule has 2 aromatic carbocycles. The quantitative estimate of drug-likeness (QED) is 0.470. The summed E-state index contributed by atoms with van der Waals surface area (Å²) in [5, 5.41) is 3.01. The van der Waals surface area contributed by atoms with Crippen molar-refractivity contribution in [1.29, 1.82) is 0 Å². The molecule has 2 saturated heterocycles. The summed E-state index contributed by atoms with van der Waals surface area (Å²) in [5.74, 6) is 0.215. The summed E-state index contributed by atoms with van der Waals surface area (Å²) in [5.41, 5.74) is -0.344. The Labute approximate surface area is 214 Å². The number of halogens is 4. The van der Waals surface area contributed by atoms with Gasteiger partial charge in [0.15, 0.2) is 0 Å². The molecule has 1 saturated carbocycles. The lowest BCUT2D eigenvalue weighted by Gasteiger charge is -2.47. The molecule has 9 heteroatoms. The fourth-order valence-corrected chi connectivity index (χ4v) is 6.10. The van der Waals surface area contributed by atoms with Gasteiger partial charge in [-0.15, -0.1) is 0 Å². The van der Waals surface area contributed by atoms with E-state index in [4.69, 9.17) is 4.99 Å². The van der Waals surface area contributed by atoms with E-state index in [2.05, 4.69) is 10.2 Å². The minimum absolute atomic E-state index is 0.0522. The van der Waals surface area contributed by atoms with Crippen molar-refractivity contribution in [3.8, 4) is 0 Å². The Morgan fingerprint density at radius 3 is 2.54 bits per heavy atom. The first-order valence-electron chi connectivity index (χ1n) is 13.0. The molecular formula is C28H32F4N4O. The number of hydrogen-bond donors (Lipinski definition) is 1. The van der Waals surface area contributed by atoms with Crippen molar-refractivity contribution >= 4 is 17.6 Å². The van der Waals surface area contributed by atoms with Crippen molar-refractivity contribution in [3.05, 3.63) is 65.5 Å². The molecule has 2 aliphatic heterocycles. The molecule has 5 rings (SSSR count). The monoisotopic (exact) mass is 516 g/mol. The van der Waals surface area contributed by atoms with Gasteiger partial charge in [0.05, 0.1) is 11.6 Å². The molecule has 2 heterocycles. The van der Waals surface area contributed by atoms with Crippen molar-refractivity contribution in [2.24, 2.45) is 4.99 Å². The normalized spacial score (nSPS) is 26.7. The first-order chi connectivity index (χ1) is 17.7. The lowest BCUT2D eigenvalue weighted by atomic mass is 9.81. The van der Waals surface area contributed by atoms with Gasteiger partial charge in [-0.05, 0) is 62.4 Å². The van der Waals surface area contributed by atoms with E-state index >= 15 is 0 Å². The molecule has 3 aliphatic rings. The lowest BCUT2D eigenvalue weighted by Crippen LogP contribution is -2.59. The van der Waals surface area contributed by atoms with Crippen molar-refractivity contribution < 1.29 is 22.4 Å². The van der Waals surface area contributed by atoms with E-state index in [0.717, 1.165) is 31.7 Å². The first kappa shape index (κ1) is 25.7. The zero-order valence-corrected chi connectivity index (χ0v) is 20.9. The van der Waals surface area contributed by atoms with Gasteiger partial charge < -0.3 is 0 Å². The molecule has 5 nitrogen and oxygen atoms in total. The topological polar surface area (TPSA) is 47.9 Å². The van der Waals surface area contributed by atoms with E-state index in [9.17, 15) is 22.4 Å². The number of anilines is 1. The summed E-state index contributed by atoms with van der Waals surface area (Å²) in [4.78, 5) is 22.2. The summed E-state index contributed by atoms with van der Waals surface area (Å²) in [6.45, 7) is 2.96. The number of nitrogens with zero attached hydrogens (tertiary/aromatic N) is 3. The molecule has 1 aliphatic carbocycles. The number of likely N-dealkylation sites (tertiary alicyclic amines) is 1. The van der Waals surface area contributed by atoms with Crippen molar-refractivity contribution in [1.82, 2.24) is 10.2 Å². The highest BCUT2D eigenvalue weighted by atomic mass is 19.4. The van der Waals surface area contributed by atoms with Crippen LogP contribution >= 0.6 is 0 Å². The SMILES string of the molecule is C[C@H]1C[C@@]2(CCN1Cc1cccc(C(F)(F)F)c1)C(=NC1CCCCC1)NC(=O)N2c1cccc(F)c1. The van der Waals surface area contributed by atoms with Gasteiger partial charge in [-0.25, -0.2) is 9.18 Å². The number of carbonyl (C=O) groups excluding carboxylic acids is 1. The zero-order chi connectivity index (χ0) is 26.2. The highest BCUT2D eigenvalue weighted by Gasteiger charge is 2.54. The van der Waals surface area contributed by atoms with E-state index in [0.29, 0.717) is 43.0 Å². The highest BCUT2D eigenvalue weighted by molar-refractivity contribution is 6.19. The van der Waals surface area contributed by atoms with Crippen LogP contribution in [0.1, 0.15) is 63.0 Å². The third-order valence-electron chi connectivity index (χ3n) is 7.96. The summed E-state index contributed by atoms with van der Waals surface area (Å²) < 4.78 is 53.9. The van der Waals surface area contributed by atoms with E-state index < -0.39 is 23.1 Å². The molecule has 3 fully saturated rings. The predicted molar refractivity (Wildman–Crippen MR) is 135 cm³/mol. The molecule has 2 aromatic rings. The molecule has 198 valence electrons. The second-order valence-electron chi connectivity index (χ2n) is 10.5. The smallest absolute Gasteiger partial charge is 0.296 e. The summed E-state index contributed by atoms with van der Waals surface area (Å²) in [7, 11) is 0. The van der Waals surface area contributed by atoms with Gasteiger partial charge >= 0.3 is 12.2 Å². The number of benzene rings is 2. The van der Waals surface area contributed by atoms with Crippen molar-refractivity contribution in [3.63, 3.8) is 0 Å². The molecule has 0 unspecified atom stereocenters.